The molecule has 0 atom stereocenters. The molecule has 0 heterocycles. The molecule has 1 aromatic carbocycles. The highest BCUT2D eigenvalue weighted by molar-refractivity contribution is 5.34. The highest BCUT2D eigenvalue weighted by Crippen LogP contribution is 2.14. The third kappa shape index (κ3) is 7.47. The van der Waals surface area contributed by atoms with Gasteiger partial charge in [0.1, 0.15) is 0 Å². The smallest absolute Gasteiger partial charge is 0.269 e. The van der Waals surface area contributed by atoms with Gasteiger partial charge in [0.15, 0.2) is 0 Å². The van der Waals surface area contributed by atoms with Gasteiger partial charge in [-0.2, -0.15) is 0 Å². The quantitative estimate of drug-likeness (QED) is 0.632. The second kappa shape index (κ2) is 9.78. The molecule has 0 bridgehead atoms. The fourth-order valence-corrected chi connectivity index (χ4v) is 1.21. The molecule has 0 radical (unpaired) electrons. The van der Waals surface area contributed by atoms with E-state index in [4.69, 9.17) is 5.73 Å². The van der Waals surface area contributed by atoms with Crippen molar-refractivity contribution in [3.8, 4) is 0 Å². The largest absolute Gasteiger partial charge is 0.330 e. The van der Waals surface area contributed by atoms with Crippen molar-refractivity contribution in [2.45, 2.75) is 39.5 Å². The van der Waals surface area contributed by atoms with Gasteiger partial charge < -0.3 is 5.73 Å². The van der Waals surface area contributed by atoms with Crippen molar-refractivity contribution in [1.29, 1.82) is 0 Å². The molecule has 0 aliphatic carbocycles. The molecule has 0 aliphatic heterocycles. The zero-order valence-electron chi connectivity index (χ0n) is 10.7. The van der Waals surface area contributed by atoms with Crippen LogP contribution in [0.4, 0.5) is 5.69 Å². The van der Waals surface area contributed by atoms with Gasteiger partial charge in [-0.05, 0) is 31.4 Å². The lowest BCUT2D eigenvalue weighted by atomic mass is 10.1. The summed E-state index contributed by atoms with van der Waals surface area (Å²) >= 11 is 0. The second-order valence-electron chi connectivity index (χ2n) is 3.82. The number of nitro benzene ring substituents is 1. The monoisotopic (exact) mass is 238 g/mol. The highest BCUT2D eigenvalue weighted by atomic mass is 16.6. The van der Waals surface area contributed by atoms with E-state index in [-0.39, 0.29) is 10.6 Å². The summed E-state index contributed by atoms with van der Waals surface area (Å²) in [5, 5.41) is 10.4. The van der Waals surface area contributed by atoms with E-state index >= 15 is 0 Å². The van der Waals surface area contributed by atoms with Gasteiger partial charge in [0.2, 0.25) is 0 Å². The number of aryl methyl sites for hydroxylation is 1. The normalized spacial score (nSPS) is 9.35. The molecule has 0 aromatic heterocycles. The fourth-order valence-electron chi connectivity index (χ4n) is 1.21. The van der Waals surface area contributed by atoms with Crippen molar-refractivity contribution in [3.05, 3.63) is 39.9 Å². The maximum Gasteiger partial charge on any atom is 0.269 e. The molecule has 4 nitrogen and oxygen atoms in total. The van der Waals surface area contributed by atoms with Crippen molar-refractivity contribution in [3.63, 3.8) is 0 Å². The summed E-state index contributed by atoms with van der Waals surface area (Å²) in [6, 6.07) is 6.84. The van der Waals surface area contributed by atoms with Crippen LogP contribution in [-0.4, -0.2) is 11.5 Å². The summed E-state index contributed by atoms with van der Waals surface area (Å²) in [6.07, 6.45) is 4.22. The Morgan fingerprint density at radius 3 is 2.41 bits per heavy atom. The first kappa shape index (κ1) is 15.6. The van der Waals surface area contributed by atoms with Crippen LogP contribution < -0.4 is 5.73 Å². The van der Waals surface area contributed by atoms with E-state index in [1.165, 1.54) is 6.07 Å². The van der Waals surface area contributed by atoms with Gasteiger partial charge in [-0.3, -0.25) is 10.1 Å². The lowest BCUT2D eigenvalue weighted by Crippen LogP contribution is -1.93. The molecule has 4 heteroatoms. The summed E-state index contributed by atoms with van der Waals surface area (Å²) in [7, 11) is 0. The first-order valence-corrected chi connectivity index (χ1v) is 6.09. The van der Waals surface area contributed by atoms with Gasteiger partial charge in [-0.25, -0.2) is 0 Å². The second-order valence-corrected chi connectivity index (χ2v) is 3.82. The lowest BCUT2D eigenvalue weighted by Gasteiger charge is -1.98. The van der Waals surface area contributed by atoms with Gasteiger partial charge in [0, 0.05) is 12.1 Å². The van der Waals surface area contributed by atoms with Crippen molar-refractivity contribution >= 4 is 5.69 Å². The van der Waals surface area contributed by atoms with E-state index in [1.54, 1.807) is 12.1 Å². The van der Waals surface area contributed by atoms with Crippen molar-refractivity contribution in [1.82, 2.24) is 0 Å². The van der Waals surface area contributed by atoms with Crippen LogP contribution in [-0.2, 0) is 6.42 Å². The summed E-state index contributed by atoms with van der Waals surface area (Å²) < 4.78 is 0. The van der Waals surface area contributed by atoms with Crippen LogP contribution in [0, 0.1) is 10.1 Å². The van der Waals surface area contributed by atoms with Crippen molar-refractivity contribution in [2.24, 2.45) is 5.73 Å². The third-order valence-electron chi connectivity index (χ3n) is 2.23. The minimum Gasteiger partial charge on any atom is -0.330 e. The number of unbranched alkanes of at least 4 members (excludes halogenated alkanes) is 1. The Hall–Kier alpha value is -1.42. The maximum absolute atomic E-state index is 10.4. The van der Waals surface area contributed by atoms with E-state index in [1.807, 2.05) is 6.07 Å². The van der Waals surface area contributed by atoms with Gasteiger partial charge in [0.25, 0.3) is 5.69 Å². The number of benzene rings is 1. The Morgan fingerprint density at radius 1 is 1.29 bits per heavy atom. The van der Waals surface area contributed by atoms with Gasteiger partial charge in [-0.15, -0.1) is 0 Å². The molecular weight excluding hydrogens is 216 g/mol. The molecule has 1 aromatic rings. The third-order valence-corrected chi connectivity index (χ3v) is 2.23. The Kier molecular flexibility index (Phi) is 8.96. The molecule has 0 amide bonds. The molecule has 0 unspecified atom stereocenters. The molecule has 0 saturated heterocycles. The first-order chi connectivity index (χ1) is 8.15. The summed E-state index contributed by atoms with van der Waals surface area (Å²) in [6.45, 7) is 4.98. The van der Waals surface area contributed by atoms with Crippen molar-refractivity contribution in [2.75, 3.05) is 6.54 Å². The number of hydrogen-bond acceptors (Lipinski definition) is 3. The fraction of sp³-hybridized carbons (Fsp3) is 0.538. The van der Waals surface area contributed by atoms with Crippen LogP contribution >= 0.6 is 0 Å². The molecule has 0 aliphatic rings. The molecule has 0 saturated carbocycles. The topological polar surface area (TPSA) is 69.2 Å². The summed E-state index contributed by atoms with van der Waals surface area (Å²) in [5.74, 6) is 0. The Morgan fingerprint density at radius 2 is 1.94 bits per heavy atom. The van der Waals surface area contributed by atoms with Crippen LogP contribution in [0.5, 0.6) is 0 Å². The predicted molar refractivity (Wildman–Crippen MR) is 71.1 cm³/mol. The number of rotatable bonds is 5. The Labute approximate surface area is 103 Å². The van der Waals surface area contributed by atoms with E-state index < -0.39 is 0 Å². The SMILES string of the molecule is CCCCc1cccc([N+](=O)[O-])c1.CCCN. The zero-order valence-corrected chi connectivity index (χ0v) is 10.7. The van der Waals surface area contributed by atoms with E-state index in [2.05, 4.69) is 13.8 Å². The van der Waals surface area contributed by atoms with Gasteiger partial charge in [0.05, 0.1) is 4.92 Å². The number of non-ortho nitro benzene ring substituents is 1. The molecule has 0 spiro atoms. The summed E-state index contributed by atoms with van der Waals surface area (Å²) in [4.78, 5) is 10.1. The highest BCUT2D eigenvalue weighted by Gasteiger charge is 2.04. The minimum absolute atomic E-state index is 0.189. The van der Waals surface area contributed by atoms with Crippen LogP contribution in [0.2, 0.25) is 0 Å². The van der Waals surface area contributed by atoms with Crippen LogP contribution in [0.3, 0.4) is 0 Å². The molecule has 2 N–H and O–H groups in total. The van der Waals surface area contributed by atoms with Gasteiger partial charge >= 0.3 is 0 Å². The van der Waals surface area contributed by atoms with E-state index in [0.717, 1.165) is 37.8 Å². The standard InChI is InChI=1S/C10H13NO2.C3H9N/c1-2-3-5-9-6-4-7-10(8-9)11(12)13;1-2-3-4/h4,6-8H,2-3,5H2,1H3;2-4H2,1H3. The van der Waals surface area contributed by atoms with Crippen molar-refractivity contribution < 1.29 is 4.92 Å². The molecule has 1 rings (SSSR count). The van der Waals surface area contributed by atoms with Crippen LogP contribution in [0.25, 0.3) is 0 Å². The number of nitrogens with zero attached hydrogens (tertiary/aromatic N) is 1. The lowest BCUT2D eigenvalue weighted by molar-refractivity contribution is -0.384. The summed E-state index contributed by atoms with van der Waals surface area (Å²) in [5.41, 5.74) is 6.27. The minimum atomic E-state index is -0.352. The molecule has 0 fully saturated rings. The number of nitrogens with two attached hydrogens (primary N) is 1. The molecular formula is C13H22N2O2. The van der Waals surface area contributed by atoms with Gasteiger partial charge in [-0.1, -0.05) is 32.4 Å². The zero-order chi connectivity index (χ0) is 13.1. The molecule has 17 heavy (non-hydrogen) atoms. The molecule has 96 valence electrons. The number of hydrogen-bond donors (Lipinski definition) is 1. The number of nitro groups is 1. The first-order valence-electron chi connectivity index (χ1n) is 6.09. The van der Waals surface area contributed by atoms with Crippen LogP contribution in [0.15, 0.2) is 24.3 Å². The van der Waals surface area contributed by atoms with E-state index in [9.17, 15) is 10.1 Å². The Bertz CT molecular complexity index is 325. The average Bonchev–Trinajstić information content (AvgIpc) is 2.37. The van der Waals surface area contributed by atoms with Crippen LogP contribution in [0.1, 0.15) is 38.7 Å². The predicted octanol–water partition coefficient (Wildman–Crippen LogP) is 3.29. The Balaban J connectivity index is 0.000000557. The maximum atomic E-state index is 10.4. The average molecular weight is 238 g/mol. The van der Waals surface area contributed by atoms with E-state index in [0.29, 0.717) is 0 Å².